The number of H-pyrrole nitrogens is 1. The van der Waals surface area contributed by atoms with Crippen LogP contribution in [0.1, 0.15) is 16.2 Å². The lowest BCUT2D eigenvalue weighted by molar-refractivity contribution is 0.112. The first kappa shape index (κ1) is 8.55. The zero-order chi connectivity index (χ0) is 9.97. The predicted octanol–water partition coefficient (Wildman–Crippen LogP) is 0.988. The van der Waals surface area contributed by atoms with E-state index in [1.165, 1.54) is 6.20 Å². The standard InChI is InChI=1S/C9H8N4O/c1-6-10-3-2-8(12-6)9-7(5-14)4-11-13-9/h2-5H,1H3,(H,11,13). The zero-order valence-electron chi connectivity index (χ0n) is 7.56. The molecule has 0 fully saturated rings. The fourth-order valence-corrected chi connectivity index (χ4v) is 1.19. The summed E-state index contributed by atoms with van der Waals surface area (Å²) in [4.78, 5) is 18.8. The number of nitrogens with zero attached hydrogens (tertiary/aromatic N) is 3. The second-order valence-electron chi connectivity index (χ2n) is 2.81. The minimum Gasteiger partial charge on any atom is -0.298 e. The van der Waals surface area contributed by atoms with Gasteiger partial charge in [-0.15, -0.1) is 0 Å². The van der Waals surface area contributed by atoms with Gasteiger partial charge < -0.3 is 0 Å². The van der Waals surface area contributed by atoms with Gasteiger partial charge in [-0.2, -0.15) is 5.10 Å². The van der Waals surface area contributed by atoms with Gasteiger partial charge in [-0.1, -0.05) is 0 Å². The molecule has 2 rings (SSSR count). The molecule has 0 saturated heterocycles. The highest BCUT2D eigenvalue weighted by atomic mass is 16.1. The van der Waals surface area contributed by atoms with Gasteiger partial charge in [0.05, 0.1) is 23.1 Å². The number of aldehydes is 1. The maximum absolute atomic E-state index is 10.6. The van der Waals surface area contributed by atoms with Crippen LogP contribution < -0.4 is 0 Å². The lowest BCUT2D eigenvalue weighted by atomic mass is 10.2. The number of rotatable bonds is 2. The van der Waals surface area contributed by atoms with Crippen molar-refractivity contribution in [3.8, 4) is 11.4 Å². The van der Waals surface area contributed by atoms with Crippen molar-refractivity contribution in [1.82, 2.24) is 20.2 Å². The van der Waals surface area contributed by atoms with E-state index in [0.717, 1.165) is 6.29 Å². The number of aromatic amines is 1. The summed E-state index contributed by atoms with van der Waals surface area (Å²) in [5.74, 6) is 0.661. The third-order valence-electron chi connectivity index (χ3n) is 1.83. The number of nitrogens with one attached hydrogen (secondary N) is 1. The Kier molecular flexibility index (Phi) is 2.06. The number of carbonyl (C=O) groups is 1. The lowest BCUT2D eigenvalue weighted by Crippen LogP contribution is -1.92. The summed E-state index contributed by atoms with van der Waals surface area (Å²) in [6.45, 7) is 1.79. The van der Waals surface area contributed by atoms with Crippen molar-refractivity contribution < 1.29 is 4.79 Å². The van der Waals surface area contributed by atoms with Crippen LogP contribution in [0.2, 0.25) is 0 Å². The number of aryl methyl sites for hydroxylation is 1. The summed E-state index contributed by atoms with van der Waals surface area (Å²) in [6, 6.07) is 1.73. The van der Waals surface area contributed by atoms with Crippen LogP contribution in [-0.2, 0) is 0 Å². The van der Waals surface area contributed by atoms with Crippen LogP contribution in [0.3, 0.4) is 0 Å². The monoisotopic (exact) mass is 188 g/mol. The fourth-order valence-electron chi connectivity index (χ4n) is 1.19. The molecule has 0 radical (unpaired) electrons. The van der Waals surface area contributed by atoms with Crippen LogP contribution >= 0.6 is 0 Å². The Bertz CT molecular complexity index is 463. The number of aromatic nitrogens is 4. The molecule has 5 heteroatoms. The van der Waals surface area contributed by atoms with Gasteiger partial charge in [0, 0.05) is 6.20 Å². The first-order chi connectivity index (χ1) is 6.81. The van der Waals surface area contributed by atoms with E-state index >= 15 is 0 Å². The van der Waals surface area contributed by atoms with Gasteiger partial charge in [0.15, 0.2) is 6.29 Å². The SMILES string of the molecule is Cc1nccc(-c2[nH]ncc2C=O)n1. The molecule has 0 spiro atoms. The minimum absolute atomic E-state index is 0.503. The molecule has 2 heterocycles. The summed E-state index contributed by atoms with van der Waals surface area (Å²) in [5, 5.41) is 6.51. The van der Waals surface area contributed by atoms with E-state index in [0.29, 0.717) is 22.8 Å². The number of hydrogen-bond acceptors (Lipinski definition) is 4. The zero-order valence-corrected chi connectivity index (χ0v) is 7.56. The van der Waals surface area contributed by atoms with Gasteiger partial charge in [-0.25, -0.2) is 9.97 Å². The Morgan fingerprint density at radius 1 is 1.50 bits per heavy atom. The third kappa shape index (κ3) is 1.39. The van der Waals surface area contributed by atoms with Crippen LogP contribution in [0.25, 0.3) is 11.4 Å². The second-order valence-corrected chi connectivity index (χ2v) is 2.81. The molecular weight excluding hydrogens is 180 g/mol. The van der Waals surface area contributed by atoms with Gasteiger partial charge in [-0.05, 0) is 13.0 Å². The molecule has 0 bridgehead atoms. The molecule has 1 N–H and O–H groups in total. The first-order valence-electron chi connectivity index (χ1n) is 4.10. The van der Waals surface area contributed by atoms with Crippen LogP contribution in [0.4, 0.5) is 0 Å². The van der Waals surface area contributed by atoms with Gasteiger partial charge in [0.25, 0.3) is 0 Å². The first-order valence-corrected chi connectivity index (χ1v) is 4.10. The highest BCUT2D eigenvalue weighted by Gasteiger charge is 2.07. The number of carbonyl (C=O) groups excluding carboxylic acids is 1. The lowest BCUT2D eigenvalue weighted by Gasteiger charge is -1.97. The molecule has 2 aromatic rings. The van der Waals surface area contributed by atoms with Crippen LogP contribution in [0, 0.1) is 6.92 Å². The van der Waals surface area contributed by atoms with Crippen molar-refractivity contribution >= 4 is 6.29 Å². The van der Waals surface area contributed by atoms with Crippen molar-refractivity contribution in [2.45, 2.75) is 6.92 Å². The van der Waals surface area contributed by atoms with E-state index in [2.05, 4.69) is 20.2 Å². The Labute approximate surface area is 80.2 Å². The van der Waals surface area contributed by atoms with Gasteiger partial charge in [-0.3, -0.25) is 9.89 Å². The molecule has 14 heavy (non-hydrogen) atoms. The Morgan fingerprint density at radius 3 is 3.07 bits per heavy atom. The summed E-state index contributed by atoms with van der Waals surface area (Å²) in [6.07, 6.45) is 3.86. The highest BCUT2D eigenvalue weighted by Crippen LogP contribution is 2.16. The Balaban J connectivity index is 2.54. The predicted molar refractivity (Wildman–Crippen MR) is 49.7 cm³/mol. The van der Waals surface area contributed by atoms with Crippen molar-refractivity contribution in [2.75, 3.05) is 0 Å². The van der Waals surface area contributed by atoms with Gasteiger partial charge >= 0.3 is 0 Å². The molecule has 5 nitrogen and oxygen atoms in total. The summed E-state index contributed by atoms with van der Waals surface area (Å²) >= 11 is 0. The second kappa shape index (κ2) is 3.37. The molecule has 0 atom stereocenters. The van der Waals surface area contributed by atoms with Gasteiger partial charge in [0.1, 0.15) is 5.82 Å². The van der Waals surface area contributed by atoms with Crippen molar-refractivity contribution in [3.63, 3.8) is 0 Å². The largest absolute Gasteiger partial charge is 0.298 e. The van der Waals surface area contributed by atoms with E-state index in [4.69, 9.17) is 0 Å². The van der Waals surface area contributed by atoms with E-state index in [1.54, 1.807) is 19.2 Å². The normalized spacial score (nSPS) is 10.1. The summed E-state index contributed by atoms with van der Waals surface area (Å²) in [7, 11) is 0. The molecule has 0 aliphatic rings. The molecule has 0 aliphatic carbocycles. The van der Waals surface area contributed by atoms with Crippen molar-refractivity contribution in [2.24, 2.45) is 0 Å². The van der Waals surface area contributed by atoms with E-state index in [-0.39, 0.29) is 0 Å². The Hall–Kier alpha value is -2.04. The van der Waals surface area contributed by atoms with Crippen molar-refractivity contribution in [3.05, 3.63) is 29.8 Å². The average Bonchev–Trinajstić information content (AvgIpc) is 2.65. The molecule has 0 aliphatic heterocycles. The van der Waals surface area contributed by atoms with Crippen molar-refractivity contribution in [1.29, 1.82) is 0 Å². The average molecular weight is 188 g/mol. The molecule has 0 saturated carbocycles. The van der Waals surface area contributed by atoms with E-state index in [9.17, 15) is 4.79 Å². The molecular formula is C9H8N4O. The summed E-state index contributed by atoms with van der Waals surface area (Å²) < 4.78 is 0. The molecule has 0 amide bonds. The maximum atomic E-state index is 10.6. The number of hydrogen-bond donors (Lipinski definition) is 1. The van der Waals surface area contributed by atoms with E-state index < -0.39 is 0 Å². The highest BCUT2D eigenvalue weighted by molar-refractivity contribution is 5.84. The molecule has 0 aromatic carbocycles. The smallest absolute Gasteiger partial charge is 0.153 e. The van der Waals surface area contributed by atoms with Crippen LogP contribution in [-0.4, -0.2) is 26.5 Å². The quantitative estimate of drug-likeness (QED) is 0.713. The topological polar surface area (TPSA) is 71.5 Å². The Morgan fingerprint density at radius 2 is 2.36 bits per heavy atom. The molecule has 70 valence electrons. The fraction of sp³-hybridized carbons (Fsp3) is 0.111. The van der Waals surface area contributed by atoms with E-state index in [1.807, 2.05) is 0 Å². The minimum atomic E-state index is 0.503. The van der Waals surface area contributed by atoms with Crippen LogP contribution in [0.5, 0.6) is 0 Å². The maximum Gasteiger partial charge on any atom is 0.153 e. The molecule has 0 unspecified atom stereocenters. The summed E-state index contributed by atoms with van der Waals surface area (Å²) in [5.41, 5.74) is 1.81. The van der Waals surface area contributed by atoms with Gasteiger partial charge in [0.2, 0.25) is 0 Å². The molecule has 2 aromatic heterocycles. The van der Waals surface area contributed by atoms with Crippen LogP contribution in [0.15, 0.2) is 18.5 Å². The third-order valence-corrected chi connectivity index (χ3v) is 1.83.